The number of benzene rings is 1. The number of hydrogen-bond acceptors (Lipinski definition) is 4. The number of carbonyl (C=O) groups excluding carboxylic acids is 1. The minimum Gasteiger partial charge on any atom is -0.504 e. The van der Waals surface area contributed by atoms with Gasteiger partial charge in [-0.05, 0) is 19.1 Å². The first-order valence-corrected chi connectivity index (χ1v) is 3.85. The Bertz CT molecular complexity index is 323. The molecular weight excluding hydrogens is 170 g/mol. The number of phenols is 2. The molecule has 0 aliphatic heterocycles. The first-order chi connectivity index (χ1) is 6.09. The molecule has 0 bridgehead atoms. The van der Waals surface area contributed by atoms with Crippen molar-refractivity contribution in [2.75, 3.05) is 11.9 Å². The van der Waals surface area contributed by atoms with Crippen molar-refractivity contribution >= 4 is 11.5 Å². The highest BCUT2D eigenvalue weighted by molar-refractivity contribution is 5.80. The van der Waals surface area contributed by atoms with Crippen LogP contribution in [0.3, 0.4) is 0 Å². The van der Waals surface area contributed by atoms with E-state index in [0.717, 1.165) is 0 Å². The van der Waals surface area contributed by atoms with Crippen molar-refractivity contribution in [1.29, 1.82) is 0 Å². The molecule has 4 nitrogen and oxygen atoms in total. The maximum atomic E-state index is 10.6. The average molecular weight is 181 g/mol. The quantitative estimate of drug-likeness (QED) is 0.482. The predicted molar refractivity (Wildman–Crippen MR) is 48.9 cm³/mol. The molecule has 0 spiro atoms. The van der Waals surface area contributed by atoms with E-state index in [4.69, 9.17) is 10.2 Å². The Kier molecular flexibility index (Phi) is 2.74. The standard InChI is InChI=1S/C9H11NO3/c1-6(11)5-10-7-2-3-8(12)9(13)4-7/h2-4,10,12-13H,5H2,1H3. The number of ketones is 1. The van der Waals surface area contributed by atoms with Crippen LogP contribution < -0.4 is 5.32 Å². The van der Waals surface area contributed by atoms with Gasteiger partial charge in [0.25, 0.3) is 0 Å². The topological polar surface area (TPSA) is 69.6 Å². The fraction of sp³-hybridized carbons (Fsp3) is 0.222. The lowest BCUT2D eigenvalue weighted by Crippen LogP contribution is -2.09. The molecule has 0 amide bonds. The molecule has 3 N–H and O–H groups in total. The van der Waals surface area contributed by atoms with Gasteiger partial charge in [0, 0.05) is 11.8 Å². The summed E-state index contributed by atoms with van der Waals surface area (Å²) < 4.78 is 0. The highest BCUT2D eigenvalue weighted by Crippen LogP contribution is 2.27. The molecule has 0 aliphatic rings. The fourth-order valence-corrected chi connectivity index (χ4v) is 0.860. The molecule has 0 atom stereocenters. The summed E-state index contributed by atoms with van der Waals surface area (Å²) in [6.07, 6.45) is 0. The molecule has 1 aromatic carbocycles. The largest absolute Gasteiger partial charge is 0.504 e. The molecular formula is C9H11NO3. The van der Waals surface area contributed by atoms with E-state index in [9.17, 15) is 4.79 Å². The van der Waals surface area contributed by atoms with Crippen LogP contribution in [0.15, 0.2) is 18.2 Å². The van der Waals surface area contributed by atoms with E-state index >= 15 is 0 Å². The monoisotopic (exact) mass is 181 g/mol. The summed E-state index contributed by atoms with van der Waals surface area (Å²) in [5, 5.41) is 20.9. The number of anilines is 1. The molecule has 1 aromatic rings. The third-order valence-electron chi connectivity index (χ3n) is 1.52. The third-order valence-corrected chi connectivity index (χ3v) is 1.52. The first kappa shape index (κ1) is 9.38. The van der Waals surface area contributed by atoms with Crippen molar-refractivity contribution in [3.63, 3.8) is 0 Å². The maximum Gasteiger partial charge on any atom is 0.159 e. The lowest BCUT2D eigenvalue weighted by atomic mass is 10.2. The van der Waals surface area contributed by atoms with Gasteiger partial charge in [0.2, 0.25) is 0 Å². The van der Waals surface area contributed by atoms with Gasteiger partial charge in [-0.15, -0.1) is 0 Å². The minimum absolute atomic E-state index is 0.00700. The van der Waals surface area contributed by atoms with Gasteiger partial charge in [0.15, 0.2) is 11.5 Å². The predicted octanol–water partition coefficient (Wildman–Crippen LogP) is 1.10. The molecule has 0 saturated heterocycles. The van der Waals surface area contributed by atoms with Crippen LogP contribution >= 0.6 is 0 Å². The number of hydrogen-bond donors (Lipinski definition) is 3. The minimum atomic E-state index is -0.200. The van der Waals surface area contributed by atoms with Gasteiger partial charge in [0.05, 0.1) is 6.54 Å². The summed E-state index contributed by atoms with van der Waals surface area (Å²) >= 11 is 0. The van der Waals surface area contributed by atoms with Crippen molar-refractivity contribution in [2.45, 2.75) is 6.92 Å². The SMILES string of the molecule is CC(=O)CNc1ccc(O)c(O)c1. The smallest absolute Gasteiger partial charge is 0.159 e. The second kappa shape index (κ2) is 3.80. The number of aromatic hydroxyl groups is 2. The van der Waals surface area contributed by atoms with Gasteiger partial charge < -0.3 is 15.5 Å². The molecule has 0 radical (unpaired) electrons. The Labute approximate surface area is 75.8 Å². The van der Waals surface area contributed by atoms with Crippen LogP contribution in [0.4, 0.5) is 5.69 Å². The average Bonchev–Trinajstić information content (AvgIpc) is 2.07. The van der Waals surface area contributed by atoms with E-state index in [1.165, 1.54) is 19.1 Å². The number of rotatable bonds is 3. The number of carbonyl (C=O) groups is 1. The second-order valence-electron chi connectivity index (χ2n) is 2.76. The van der Waals surface area contributed by atoms with E-state index in [2.05, 4.69) is 5.32 Å². The van der Waals surface area contributed by atoms with Gasteiger partial charge in [-0.2, -0.15) is 0 Å². The van der Waals surface area contributed by atoms with Crippen molar-refractivity contribution in [2.24, 2.45) is 0 Å². The van der Waals surface area contributed by atoms with Crippen molar-refractivity contribution < 1.29 is 15.0 Å². The summed E-state index contributed by atoms with van der Waals surface area (Å²) in [5.41, 5.74) is 0.602. The van der Waals surface area contributed by atoms with Crippen LogP contribution in [0.5, 0.6) is 11.5 Å². The molecule has 0 unspecified atom stereocenters. The molecule has 0 heterocycles. The van der Waals surface area contributed by atoms with Crippen LogP contribution in [0.25, 0.3) is 0 Å². The van der Waals surface area contributed by atoms with E-state index < -0.39 is 0 Å². The Morgan fingerprint density at radius 3 is 2.62 bits per heavy atom. The first-order valence-electron chi connectivity index (χ1n) is 3.85. The molecule has 70 valence electrons. The zero-order valence-electron chi connectivity index (χ0n) is 7.24. The van der Waals surface area contributed by atoms with Gasteiger partial charge in [0.1, 0.15) is 5.78 Å². The summed E-state index contributed by atoms with van der Waals surface area (Å²) in [6, 6.07) is 4.30. The summed E-state index contributed by atoms with van der Waals surface area (Å²) in [7, 11) is 0. The maximum absolute atomic E-state index is 10.6. The molecule has 0 aliphatic carbocycles. The van der Waals surface area contributed by atoms with Crippen molar-refractivity contribution in [1.82, 2.24) is 0 Å². The van der Waals surface area contributed by atoms with E-state index in [-0.39, 0.29) is 23.8 Å². The third kappa shape index (κ3) is 2.66. The highest BCUT2D eigenvalue weighted by atomic mass is 16.3. The van der Waals surface area contributed by atoms with E-state index in [0.29, 0.717) is 5.69 Å². The zero-order valence-corrected chi connectivity index (χ0v) is 7.24. The van der Waals surface area contributed by atoms with E-state index in [1.54, 1.807) is 6.07 Å². The van der Waals surface area contributed by atoms with Crippen LogP contribution in [0, 0.1) is 0 Å². The number of nitrogens with one attached hydrogen (secondary N) is 1. The van der Waals surface area contributed by atoms with Crippen molar-refractivity contribution in [3.05, 3.63) is 18.2 Å². The summed E-state index contributed by atoms with van der Waals surface area (Å²) in [4.78, 5) is 10.6. The Morgan fingerprint density at radius 2 is 2.08 bits per heavy atom. The van der Waals surface area contributed by atoms with Crippen LogP contribution in [-0.4, -0.2) is 22.5 Å². The molecule has 0 fully saturated rings. The second-order valence-corrected chi connectivity index (χ2v) is 2.76. The highest BCUT2D eigenvalue weighted by Gasteiger charge is 2.00. The molecule has 0 saturated carbocycles. The number of phenolic OH excluding ortho intramolecular Hbond substituents is 2. The van der Waals surface area contributed by atoms with Crippen LogP contribution in [0.1, 0.15) is 6.92 Å². The zero-order chi connectivity index (χ0) is 9.84. The van der Waals surface area contributed by atoms with Gasteiger partial charge in [-0.3, -0.25) is 4.79 Å². The molecule has 0 aromatic heterocycles. The lowest BCUT2D eigenvalue weighted by Gasteiger charge is -2.04. The molecule has 4 heteroatoms. The number of Topliss-reactive ketones (excluding diaryl/α,β-unsaturated/α-hetero) is 1. The molecule has 1 rings (SSSR count). The fourth-order valence-electron chi connectivity index (χ4n) is 0.860. The van der Waals surface area contributed by atoms with Crippen LogP contribution in [0.2, 0.25) is 0 Å². The Hall–Kier alpha value is -1.71. The van der Waals surface area contributed by atoms with Gasteiger partial charge >= 0.3 is 0 Å². The Balaban J connectivity index is 2.68. The van der Waals surface area contributed by atoms with Gasteiger partial charge in [-0.1, -0.05) is 0 Å². The van der Waals surface area contributed by atoms with Crippen molar-refractivity contribution in [3.8, 4) is 11.5 Å². The summed E-state index contributed by atoms with van der Waals surface area (Å²) in [6.45, 7) is 1.68. The molecule has 13 heavy (non-hydrogen) atoms. The van der Waals surface area contributed by atoms with Gasteiger partial charge in [-0.25, -0.2) is 0 Å². The van der Waals surface area contributed by atoms with E-state index in [1.807, 2.05) is 0 Å². The normalized spacial score (nSPS) is 9.62. The summed E-state index contributed by atoms with van der Waals surface area (Å²) in [5.74, 6) is -0.366. The lowest BCUT2D eigenvalue weighted by molar-refractivity contribution is -0.115. The Morgan fingerprint density at radius 1 is 1.38 bits per heavy atom. The van der Waals surface area contributed by atoms with Crippen LogP contribution in [-0.2, 0) is 4.79 Å².